The molecule has 0 saturated carbocycles. The number of rotatable bonds is 3. The fraction of sp³-hybridized carbons (Fsp3) is 0.375. The molecule has 37 heavy (non-hydrogen) atoms. The number of amides is 1. The van der Waals surface area contributed by atoms with Gasteiger partial charge in [0.05, 0.1) is 30.9 Å². The Morgan fingerprint density at radius 3 is 2.73 bits per heavy atom. The number of guanidine groups is 1. The van der Waals surface area contributed by atoms with Crippen LogP contribution in [0, 0.1) is 0 Å². The van der Waals surface area contributed by atoms with Crippen molar-refractivity contribution in [2.75, 3.05) is 23.7 Å². The number of alkyl halides is 3. The van der Waals surface area contributed by atoms with Crippen LogP contribution in [0.25, 0.3) is 0 Å². The fourth-order valence-electron chi connectivity index (χ4n) is 5.15. The largest absolute Gasteiger partial charge is 0.432 e. The van der Waals surface area contributed by atoms with Gasteiger partial charge in [0.15, 0.2) is 6.20 Å². The van der Waals surface area contributed by atoms with Gasteiger partial charge in [0.2, 0.25) is 5.91 Å². The molecular formula is C24H25F3N9O+. The molecule has 192 valence electrons. The zero-order valence-corrected chi connectivity index (χ0v) is 20.2. The molecule has 1 aromatic carbocycles. The van der Waals surface area contributed by atoms with Gasteiger partial charge in [-0.1, -0.05) is 6.07 Å². The van der Waals surface area contributed by atoms with Crippen molar-refractivity contribution < 1.29 is 22.7 Å². The minimum atomic E-state index is -4.44. The lowest BCUT2D eigenvalue weighted by molar-refractivity contribution is -0.918. The van der Waals surface area contributed by atoms with Gasteiger partial charge in [-0.05, 0) is 54.2 Å². The van der Waals surface area contributed by atoms with Crippen LogP contribution in [0.15, 0.2) is 51.9 Å². The molecule has 1 unspecified atom stereocenters. The third-order valence-electron chi connectivity index (χ3n) is 7.31. The summed E-state index contributed by atoms with van der Waals surface area (Å²) in [6.45, 7) is 4.91. The number of nitrogens with one attached hydrogen (secondary N) is 3. The first-order valence-electron chi connectivity index (χ1n) is 12.0. The highest BCUT2D eigenvalue weighted by molar-refractivity contribution is 6.30. The van der Waals surface area contributed by atoms with E-state index in [9.17, 15) is 18.0 Å². The molecule has 3 N–H and O–H groups in total. The van der Waals surface area contributed by atoms with Crippen molar-refractivity contribution in [1.29, 1.82) is 0 Å². The second-order valence-electron chi connectivity index (χ2n) is 9.99. The molecule has 4 aliphatic rings. The number of H-pyrrole nitrogens is 1. The van der Waals surface area contributed by atoms with Crippen molar-refractivity contribution in [2.24, 2.45) is 15.1 Å². The number of imidazole rings is 1. The van der Waals surface area contributed by atoms with E-state index >= 15 is 0 Å². The van der Waals surface area contributed by atoms with Crippen LogP contribution >= 0.6 is 0 Å². The number of hydrogen-bond acceptors (Lipinski definition) is 7. The molecule has 1 atom stereocenters. The Morgan fingerprint density at radius 1 is 1.22 bits per heavy atom. The molecule has 1 amide bonds. The van der Waals surface area contributed by atoms with Gasteiger partial charge < -0.3 is 15.6 Å². The molecule has 2 aromatic rings. The maximum atomic E-state index is 13.0. The number of hydrogen-bond donors (Lipinski definition) is 3. The Hall–Kier alpha value is -3.84. The standard InChI is InChI=1S/C24H24F3N9O/c1-23(2)16-4-3-15(11-17(16)31-21(23)37)30-22-33-19-13-28-7-10-36(19,34-22)35-8-5-14(6-9-35)20-29-12-18(32-20)24(25,26)27/h3-4,7,10-14H,5-6,8-9H2,1-2H3,(H2-,29,30,31,32,34,37)/p+1. The molecule has 0 aliphatic carbocycles. The SMILES string of the molecule is CC1(C)C(=O)Nc2cc(NC3=N[N+]4(N5CCC(c6ncc(C(F)(F)F)[nH]6)CC5)C=CN=CC4=N3)ccc21. The normalized spacial score (nSPS) is 24.9. The predicted molar refractivity (Wildman–Crippen MR) is 132 cm³/mol. The van der Waals surface area contributed by atoms with Crippen molar-refractivity contribution in [1.82, 2.24) is 15.0 Å². The van der Waals surface area contributed by atoms with E-state index in [2.05, 4.69) is 35.6 Å². The van der Waals surface area contributed by atoms with Crippen LogP contribution in [0.3, 0.4) is 0 Å². The van der Waals surface area contributed by atoms with Gasteiger partial charge in [-0.15, -0.1) is 10.0 Å². The molecule has 0 bridgehead atoms. The summed E-state index contributed by atoms with van der Waals surface area (Å²) in [7, 11) is 0. The van der Waals surface area contributed by atoms with E-state index in [0.29, 0.717) is 43.6 Å². The van der Waals surface area contributed by atoms with E-state index in [1.54, 1.807) is 12.4 Å². The molecule has 4 aliphatic heterocycles. The highest BCUT2D eigenvalue weighted by atomic mass is 19.4. The molecule has 13 heteroatoms. The summed E-state index contributed by atoms with van der Waals surface area (Å²) in [5.74, 6) is 1.20. The number of fused-ring (bicyclic) bond motifs is 2. The molecule has 6 rings (SSSR count). The van der Waals surface area contributed by atoms with Crippen molar-refractivity contribution in [2.45, 2.75) is 44.2 Å². The van der Waals surface area contributed by atoms with E-state index in [-0.39, 0.29) is 16.5 Å². The summed E-state index contributed by atoms with van der Waals surface area (Å²) >= 11 is 0. The van der Waals surface area contributed by atoms with Crippen LogP contribution < -0.4 is 10.6 Å². The van der Waals surface area contributed by atoms with Gasteiger partial charge in [-0.25, -0.2) is 4.98 Å². The Morgan fingerprint density at radius 2 is 2.00 bits per heavy atom. The number of aromatic amines is 1. The van der Waals surface area contributed by atoms with E-state index in [4.69, 9.17) is 5.10 Å². The van der Waals surface area contributed by atoms with Crippen LogP contribution in [0.4, 0.5) is 24.5 Å². The van der Waals surface area contributed by atoms with Crippen molar-refractivity contribution >= 4 is 35.3 Å². The van der Waals surface area contributed by atoms with Gasteiger partial charge >= 0.3 is 12.0 Å². The lowest BCUT2D eigenvalue weighted by Gasteiger charge is -2.38. The minimum absolute atomic E-state index is 0.000777. The van der Waals surface area contributed by atoms with Gasteiger partial charge in [0, 0.05) is 17.3 Å². The summed E-state index contributed by atoms with van der Waals surface area (Å²) in [5.41, 5.74) is 0.997. The lowest BCUT2D eigenvalue weighted by atomic mass is 9.86. The van der Waals surface area contributed by atoms with E-state index in [1.807, 2.05) is 38.2 Å². The van der Waals surface area contributed by atoms with Gasteiger partial charge in [0.25, 0.3) is 5.96 Å². The second-order valence-corrected chi connectivity index (χ2v) is 9.99. The molecule has 0 radical (unpaired) electrons. The second kappa shape index (κ2) is 8.08. The molecule has 10 nitrogen and oxygen atoms in total. The fourth-order valence-corrected chi connectivity index (χ4v) is 5.15. The number of nitrogens with zero attached hydrogens (tertiary/aromatic N) is 6. The number of quaternary nitrogens is 1. The first-order valence-corrected chi connectivity index (χ1v) is 12.0. The number of anilines is 2. The number of halogens is 3. The van der Waals surface area contributed by atoms with Crippen molar-refractivity contribution in [3.8, 4) is 0 Å². The molecule has 1 fully saturated rings. The molecule has 0 spiro atoms. The number of carbonyl (C=O) groups is 1. The molecule has 5 heterocycles. The Bertz CT molecular complexity index is 1400. The van der Waals surface area contributed by atoms with Crippen LogP contribution in [0.2, 0.25) is 0 Å². The number of piperidine rings is 1. The van der Waals surface area contributed by atoms with Crippen LogP contribution in [-0.4, -0.2) is 56.7 Å². The van der Waals surface area contributed by atoms with E-state index in [1.165, 1.54) is 0 Å². The summed E-state index contributed by atoms with van der Waals surface area (Å²) in [6, 6.07) is 5.67. The highest BCUT2D eigenvalue weighted by Crippen LogP contribution is 2.39. The Kier molecular flexibility index (Phi) is 5.14. The highest BCUT2D eigenvalue weighted by Gasteiger charge is 2.48. The third kappa shape index (κ3) is 3.85. The Labute approximate surface area is 210 Å². The first kappa shape index (κ1) is 23.6. The van der Waals surface area contributed by atoms with Gasteiger partial charge in [0.1, 0.15) is 17.7 Å². The predicted octanol–water partition coefficient (Wildman–Crippen LogP) is 3.92. The van der Waals surface area contributed by atoms with Gasteiger partial charge in [-0.2, -0.15) is 13.2 Å². The number of benzene rings is 1. The quantitative estimate of drug-likeness (QED) is 0.542. The monoisotopic (exact) mass is 512 g/mol. The summed E-state index contributed by atoms with van der Waals surface area (Å²) < 4.78 is 38.9. The first-order chi connectivity index (χ1) is 17.6. The maximum absolute atomic E-state index is 13.0. The summed E-state index contributed by atoms with van der Waals surface area (Å²) in [4.78, 5) is 27.6. The van der Waals surface area contributed by atoms with Crippen LogP contribution in [0.1, 0.15) is 49.7 Å². The van der Waals surface area contributed by atoms with Crippen LogP contribution in [-0.2, 0) is 16.4 Å². The average molecular weight is 513 g/mol. The third-order valence-corrected chi connectivity index (χ3v) is 7.31. The summed E-state index contributed by atoms with van der Waals surface area (Å²) in [5, 5.41) is 13.1. The smallest absolute Gasteiger partial charge is 0.338 e. The lowest BCUT2D eigenvalue weighted by Crippen LogP contribution is -2.58. The molecule has 1 saturated heterocycles. The molecule has 1 aromatic heterocycles. The Balaban J connectivity index is 1.20. The zero-order chi connectivity index (χ0) is 26.0. The minimum Gasteiger partial charge on any atom is -0.338 e. The number of amidine groups is 1. The number of aliphatic imine (C=N–C) groups is 2. The number of aromatic nitrogens is 2. The number of carbonyl (C=O) groups excluding carboxylic acids is 1. The van der Waals surface area contributed by atoms with Crippen LogP contribution in [0.5, 0.6) is 0 Å². The van der Waals surface area contributed by atoms with Crippen molar-refractivity contribution in [3.63, 3.8) is 0 Å². The van der Waals surface area contributed by atoms with E-state index in [0.717, 1.165) is 23.1 Å². The topological polar surface area (TPSA) is 110 Å². The summed E-state index contributed by atoms with van der Waals surface area (Å²) in [6.07, 6.45) is 2.77. The van der Waals surface area contributed by atoms with Crippen molar-refractivity contribution in [3.05, 3.63) is 53.9 Å². The maximum Gasteiger partial charge on any atom is 0.432 e. The van der Waals surface area contributed by atoms with E-state index < -0.39 is 17.3 Å². The van der Waals surface area contributed by atoms with Gasteiger partial charge in [-0.3, -0.25) is 9.79 Å². The zero-order valence-electron chi connectivity index (χ0n) is 20.2. The average Bonchev–Trinajstić information content (AvgIpc) is 3.54. The molecular weight excluding hydrogens is 487 g/mol.